The summed E-state index contributed by atoms with van der Waals surface area (Å²) in [6.07, 6.45) is 6.18. The highest BCUT2D eigenvalue weighted by atomic mass is 19.1. The van der Waals surface area contributed by atoms with Crippen LogP contribution in [0.4, 0.5) is 9.18 Å². The first-order chi connectivity index (χ1) is 12.9. The molecule has 1 unspecified atom stereocenters. The molecule has 1 aromatic carbocycles. The van der Waals surface area contributed by atoms with E-state index in [-0.39, 0.29) is 22.9 Å². The van der Waals surface area contributed by atoms with Crippen LogP contribution in [-0.4, -0.2) is 45.5 Å². The van der Waals surface area contributed by atoms with Crippen LogP contribution >= 0.6 is 0 Å². The molecule has 2 saturated heterocycles. The predicted molar refractivity (Wildman–Crippen MR) is 96.6 cm³/mol. The Morgan fingerprint density at radius 1 is 0.963 bits per heavy atom. The highest BCUT2D eigenvalue weighted by Gasteiger charge is 2.62. The number of aliphatic carboxylic acids is 1. The Bertz CT molecular complexity index is 784. The molecule has 0 aromatic heterocycles. The molecular formula is C21H25FN2O3. The van der Waals surface area contributed by atoms with E-state index in [2.05, 4.69) is 4.90 Å². The van der Waals surface area contributed by atoms with Crippen molar-refractivity contribution in [1.82, 2.24) is 9.80 Å². The number of nitrogens with zero attached hydrogens (tertiary/aromatic N) is 2. The molecule has 3 saturated carbocycles. The SMILES string of the molecule is O=C1N(C23CCC(C(=O)O)(CC2)CC3)CC2(c3ccc(F)cc3)CCCN12. The molecule has 2 bridgehead atoms. The van der Waals surface area contributed by atoms with Crippen LogP contribution in [0.1, 0.15) is 56.9 Å². The van der Waals surface area contributed by atoms with Crippen molar-refractivity contribution in [2.24, 2.45) is 5.41 Å². The third-order valence-electron chi connectivity index (χ3n) is 7.98. The fourth-order valence-corrected chi connectivity index (χ4v) is 6.21. The van der Waals surface area contributed by atoms with Crippen LogP contribution in [0.15, 0.2) is 24.3 Å². The van der Waals surface area contributed by atoms with E-state index in [1.54, 1.807) is 0 Å². The summed E-state index contributed by atoms with van der Waals surface area (Å²) < 4.78 is 13.4. The highest BCUT2D eigenvalue weighted by Crippen LogP contribution is 2.57. The smallest absolute Gasteiger partial charge is 0.321 e. The van der Waals surface area contributed by atoms with E-state index in [4.69, 9.17) is 0 Å². The van der Waals surface area contributed by atoms with Gasteiger partial charge in [-0.25, -0.2) is 9.18 Å². The third kappa shape index (κ3) is 2.15. The van der Waals surface area contributed by atoms with Crippen LogP contribution in [0.3, 0.4) is 0 Å². The summed E-state index contributed by atoms with van der Waals surface area (Å²) in [7, 11) is 0. The first-order valence-corrected chi connectivity index (χ1v) is 10.00. The van der Waals surface area contributed by atoms with Crippen molar-refractivity contribution < 1.29 is 19.1 Å². The maximum Gasteiger partial charge on any atom is 0.321 e. The summed E-state index contributed by atoms with van der Waals surface area (Å²) in [6.45, 7) is 1.37. The summed E-state index contributed by atoms with van der Waals surface area (Å²) in [5.74, 6) is -0.934. The second kappa shape index (κ2) is 5.46. The Hall–Kier alpha value is -2.11. The van der Waals surface area contributed by atoms with E-state index in [9.17, 15) is 19.1 Å². The quantitative estimate of drug-likeness (QED) is 0.879. The summed E-state index contributed by atoms with van der Waals surface area (Å²) in [6, 6.07) is 6.68. The fraction of sp³-hybridized carbons (Fsp3) is 0.619. The average molecular weight is 372 g/mol. The van der Waals surface area contributed by atoms with Crippen molar-refractivity contribution in [2.75, 3.05) is 13.1 Å². The zero-order chi connectivity index (χ0) is 18.9. The van der Waals surface area contributed by atoms with Gasteiger partial charge in [-0.05, 0) is 69.1 Å². The number of amides is 2. The lowest BCUT2D eigenvalue weighted by Crippen LogP contribution is -2.59. The number of urea groups is 1. The van der Waals surface area contributed by atoms with E-state index < -0.39 is 11.4 Å². The minimum atomic E-state index is -0.674. The second-order valence-electron chi connectivity index (χ2n) is 8.97. The molecule has 1 N–H and O–H groups in total. The van der Waals surface area contributed by atoms with Crippen molar-refractivity contribution >= 4 is 12.0 Å². The monoisotopic (exact) mass is 372 g/mol. The van der Waals surface area contributed by atoms with Crippen molar-refractivity contribution in [3.05, 3.63) is 35.6 Å². The zero-order valence-corrected chi connectivity index (χ0v) is 15.4. The normalized spacial score (nSPS) is 37.7. The average Bonchev–Trinajstić information content (AvgIpc) is 3.23. The van der Waals surface area contributed by atoms with Crippen LogP contribution in [0.2, 0.25) is 0 Å². The molecule has 1 atom stereocenters. The molecule has 2 amide bonds. The highest BCUT2D eigenvalue weighted by molar-refractivity contribution is 5.81. The Labute approximate surface area is 158 Å². The van der Waals surface area contributed by atoms with E-state index in [0.29, 0.717) is 25.8 Å². The van der Waals surface area contributed by atoms with Gasteiger partial charge in [0.2, 0.25) is 0 Å². The number of rotatable bonds is 3. The standard InChI is InChI=1S/C21H25FN2O3/c22-16-4-2-15(3-5-16)21-6-1-13-23(21)18(27)24(14-21)20-10-7-19(8-11-20,9-12-20)17(25)26/h2-5H,1,6-14H2,(H,25,26). The Morgan fingerprint density at radius 2 is 1.59 bits per heavy atom. The van der Waals surface area contributed by atoms with Gasteiger partial charge in [0.25, 0.3) is 0 Å². The van der Waals surface area contributed by atoms with Crippen molar-refractivity contribution in [3.63, 3.8) is 0 Å². The molecule has 3 aliphatic carbocycles. The molecule has 2 aliphatic heterocycles. The van der Waals surface area contributed by atoms with Gasteiger partial charge in [-0.3, -0.25) is 4.79 Å². The van der Waals surface area contributed by atoms with Crippen molar-refractivity contribution in [1.29, 1.82) is 0 Å². The van der Waals surface area contributed by atoms with Gasteiger partial charge in [-0.15, -0.1) is 0 Å². The first-order valence-electron chi connectivity index (χ1n) is 10.00. The van der Waals surface area contributed by atoms with Crippen molar-refractivity contribution in [2.45, 2.75) is 62.4 Å². The van der Waals surface area contributed by atoms with Crippen LogP contribution in [0.25, 0.3) is 0 Å². The number of carboxylic acids is 1. The minimum absolute atomic E-state index is 0.0848. The first kappa shape index (κ1) is 17.0. The molecule has 2 heterocycles. The number of benzene rings is 1. The van der Waals surface area contributed by atoms with Crippen LogP contribution < -0.4 is 0 Å². The minimum Gasteiger partial charge on any atom is -0.481 e. The second-order valence-corrected chi connectivity index (χ2v) is 8.97. The van der Waals surface area contributed by atoms with Crippen molar-refractivity contribution in [3.8, 4) is 0 Å². The zero-order valence-electron chi connectivity index (χ0n) is 15.4. The van der Waals surface area contributed by atoms with Gasteiger partial charge < -0.3 is 14.9 Å². The third-order valence-corrected chi connectivity index (χ3v) is 7.98. The van der Waals surface area contributed by atoms with E-state index >= 15 is 0 Å². The van der Waals surface area contributed by atoms with E-state index in [1.165, 1.54) is 12.1 Å². The molecule has 5 nitrogen and oxygen atoms in total. The summed E-state index contributed by atoms with van der Waals surface area (Å²) >= 11 is 0. The topological polar surface area (TPSA) is 60.9 Å². The van der Waals surface area contributed by atoms with Gasteiger partial charge in [0.1, 0.15) is 5.82 Å². The number of hydrogen-bond donors (Lipinski definition) is 1. The summed E-state index contributed by atoms with van der Waals surface area (Å²) in [4.78, 5) is 29.2. The molecule has 5 aliphatic rings. The van der Waals surface area contributed by atoms with Crippen LogP contribution in [0.5, 0.6) is 0 Å². The molecule has 0 spiro atoms. The van der Waals surface area contributed by atoms with E-state index in [0.717, 1.165) is 44.2 Å². The summed E-state index contributed by atoms with van der Waals surface area (Å²) in [5, 5.41) is 9.64. The number of halogens is 1. The molecule has 5 fully saturated rings. The maximum atomic E-state index is 13.4. The van der Waals surface area contributed by atoms with Gasteiger partial charge in [-0.1, -0.05) is 12.1 Å². The van der Waals surface area contributed by atoms with Gasteiger partial charge in [0.05, 0.1) is 17.5 Å². The predicted octanol–water partition coefficient (Wildman–Crippen LogP) is 3.73. The Balaban J connectivity index is 1.47. The number of fused-ring (bicyclic) bond motifs is 4. The fourth-order valence-electron chi connectivity index (χ4n) is 6.21. The number of carboxylic acid groups (broad SMARTS) is 1. The van der Waals surface area contributed by atoms with E-state index in [1.807, 2.05) is 17.0 Å². The Morgan fingerprint density at radius 3 is 2.19 bits per heavy atom. The molecular weight excluding hydrogens is 347 g/mol. The molecule has 27 heavy (non-hydrogen) atoms. The summed E-state index contributed by atoms with van der Waals surface area (Å²) in [5.41, 5.74) is -0.126. The van der Waals surface area contributed by atoms with Gasteiger partial charge in [0.15, 0.2) is 0 Å². The molecule has 1 aromatic rings. The Kier molecular flexibility index (Phi) is 3.44. The van der Waals surface area contributed by atoms with Gasteiger partial charge >= 0.3 is 12.0 Å². The maximum absolute atomic E-state index is 13.4. The number of carbonyl (C=O) groups excluding carboxylic acids is 1. The molecule has 6 heteroatoms. The lowest BCUT2D eigenvalue weighted by atomic mass is 9.56. The largest absolute Gasteiger partial charge is 0.481 e. The van der Waals surface area contributed by atoms with Crippen LogP contribution in [-0.2, 0) is 10.3 Å². The molecule has 6 rings (SSSR count). The lowest BCUT2D eigenvalue weighted by molar-refractivity contribution is -0.159. The van der Waals surface area contributed by atoms with Crippen LogP contribution in [0, 0.1) is 11.2 Å². The lowest BCUT2D eigenvalue weighted by Gasteiger charge is -2.55. The molecule has 144 valence electrons. The number of hydrogen-bond acceptors (Lipinski definition) is 2. The molecule has 0 radical (unpaired) electrons. The number of carbonyl (C=O) groups is 2. The van der Waals surface area contributed by atoms with Gasteiger partial charge in [0, 0.05) is 12.1 Å². The van der Waals surface area contributed by atoms with Gasteiger partial charge in [-0.2, -0.15) is 0 Å².